The first-order chi connectivity index (χ1) is 10.5. The number of benzene rings is 1. The number of rotatable bonds is 5. The van der Waals surface area contributed by atoms with Gasteiger partial charge in [-0.25, -0.2) is 0 Å². The van der Waals surface area contributed by atoms with Crippen molar-refractivity contribution in [3.63, 3.8) is 0 Å². The minimum absolute atomic E-state index is 0.257. The molecule has 1 saturated heterocycles. The maximum absolute atomic E-state index is 11.8. The topological polar surface area (TPSA) is 41.6 Å². The molecule has 2 rings (SSSR count). The molecule has 1 amide bonds. The molecule has 1 aromatic carbocycles. The molecule has 1 aliphatic rings. The number of hydrogen-bond acceptors (Lipinski definition) is 3. The molecule has 5 heteroatoms. The third-order valence-electron chi connectivity index (χ3n) is 4.35. The SMILES string of the molecule is CCC(=O)N1CC[C@@H](NCc2ccc(OC)c(Cl)c2)[C@@H](C)C1. The van der Waals surface area contributed by atoms with E-state index in [4.69, 9.17) is 16.3 Å². The predicted molar refractivity (Wildman–Crippen MR) is 89.3 cm³/mol. The van der Waals surface area contributed by atoms with Gasteiger partial charge in [0.2, 0.25) is 5.91 Å². The number of methoxy groups -OCH3 is 1. The average Bonchev–Trinajstić information content (AvgIpc) is 2.53. The van der Waals surface area contributed by atoms with Crippen LogP contribution in [0.2, 0.25) is 5.02 Å². The van der Waals surface area contributed by atoms with Crippen molar-refractivity contribution < 1.29 is 9.53 Å². The lowest BCUT2D eigenvalue weighted by atomic mass is 9.93. The molecule has 0 bridgehead atoms. The highest BCUT2D eigenvalue weighted by atomic mass is 35.5. The van der Waals surface area contributed by atoms with Crippen molar-refractivity contribution in [2.24, 2.45) is 5.92 Å². The van der Waals surface area contributed by atoms with E-state index in [1.807, 2.05) is 30.0 Å². The van der Waals surface area contributed by atoms with Crippen molar-refractivity contribution in [2.45, 2.75) is 39.3 Å². The summed E-state index contributed by atoms with van der Waals surface area (Å²) in [6, 6.07) is 6.29. The molecule has 0 aromatic heterocycles. The number of piperidine rings is 1. The van der Waals surface area contributed by atoms with Crippen molar-refractivity contribution in [1.29, 1.82) is 0 Å². The van der Waals surface area contributed by atoms with Crippen LogP contribution in [-0.2, 0) is 11.3 Å². The Balaban J connectivity index is 1.87. The Bertz CT molecular complexity index is 521. The highest BCUT2D eigenvalue weighted by molar-refractivity contribution is 6.32. The summed E-state index contributed by atoms with van der Waals surface area (Å²) in [7, 11) is 1.62. The minimum atomic E-state index is 0.257. The van der Waals surface area contributed by atoms with E-state index in [-0.39, 0.29) is 5.91 Å². The number of nitrogens with one attached hydrogen (secondary N) is 1. The van der Waals surface area contributed by atoms with Crippen LogP contribution in [0.25, 0.3) is 0 Å². The molecule has 2 atom stereocenters. The van der Waals surface area contributed by atoms with Crippen LogP contribution in [0.5, 0.6) is 5.75 Å². The molecule has 0 saturated carbocycles. The molecular formula is C17H25ClN2O2. The van der Waals surface area contributed by atoms with Crippen molar-refractivity contribution in [2.75, 3.05) is 20.2 Å². The van der Waals surface area contributed by atoms with Gasteiger partial charge in [-0.2, -0.15) is 0 Å². The molecule has 22 heavy (non-hydrogen) atoms. The van der Waals surface area contributed by atoms with Gasteiger partial charge in [-0.1, -0.05) is 31.5 Å². The maximum atomic E-state index is 11.8. The van der Waals surface area contributed by atoms with Crippen LogP contribution in [-0.4, -0.2) is 37.0 Å². The molecule has 1 aliphatic heterocycles. The first-order valence-corrected chi connectivity index (χ1v) is 8.26. The van der Waals surface area contributed by atoms with Crippen LogP contribution in [0.15, 0.2) is 18.2 Å². The van der Waals surface area contributed by atoms with Gasteiger partial charge < -0.3 is 15.0 Å². The Morgan fingerprint density at radius 1 is 1.50 bits per heavy atom. The Kier molecular flexibility index (Phi) is 6.09. The highest BCUT2D eigenvalue weighted by Crippen LogP contribution is 2.25. The molecule has 0 aliphatic carbocycles. The monoisotopic (exact) mass is 324 g/mol. The van der Waals surface area contributed by atoms with Crippen LogP contribution in [0, 0.1) is 5.92 Å². The van der Waals surface area contributed by atoms with E-state index in [1.54, 1.807) is 7.11 Å². The van der Waals surface area contributed by atoms with Gasteiger partial charge in [-0.3, -0.25) is 4.79 Å². The van der Waals surface area contributed by atoms with Crippen LogP contribution < -0.4 is 10.1 Å². The van der Waals surface area contributed by atoms with E-state index in [2.05, 4.69) is 12.2 Å². The zero-order valence-electron chi connectivity index (χ0n) is 13.6. The van der Waals surface area contributed by atoms with Crippen LogP contribution in [0.4, 0.5) is 0 Å². The Morgan fingerprint density at radius 3 is 2.86 bits per heavy atom. The number of nitrogens with zero attached hydrogens (tertiary/aromatic N) is 1. The standard InChI is InChI=1S/C17H25ClN2O2/c1-4-17(21)20-8-7-15(12(2)11-20)19-10-13-5-6-16(22-3)14(18)9-13/h5-6,9,12,15,19H,4,7-8,10-11H2,1-3H3/t12-,15+/m0/s1. The number of carbonyl (C=O) groups excluding carboxylic acids is 1. The first kappa shape index (κ1) is 17.1. The van der Waals surface area contributed by atoms with Crippen molar-refractivity contribution in [1.82, 2.24) is 10.2 Å². The quantitative estimate of drug-likeness (QED) is 0.905. The fourth-order valence-corrected chi connectivity index (χ4v) is 3.25. The van der Waals surface area contributed by atoms with Crippen LogP contribution in [0.3, 0.4) is 0 Å². The molecule has 0 spiro atoms. The van der Waals surface area contributed by atoms with E-state index in [0.29, 0.717) is 29.2 Å². The van der Waals surface area contributed by atoms with Gasteiger partial charge in [0.1, 0.15) is 5.75 Å². The van der Waals surface area contributed by atoms with Gasteiger partial charge in [0.15, 0.2) is 0 Å². The van der Waals surface area contributed by atoms with Crippen molar-refractivity contribution in [3.05, 3.63) is 28.8 Å². The third-order valence-corrected chi connectivity index (χ3v) is 4.64. The largest absolute Gasteiger partial charge is 0.495 e. The molecule has 0 unspecified atom stereocenters. The van der Waals surface area contributed by atoms with Gasteiger partial charge >= 0.3 is 0 Å². The van der Waals surface area contributed by atoms with Gasteiger partial charge in [0.25, 0.3) is 0 Å². The molecule has 122 valence electrons. The summed E-state index contributed by atoms with van der Waals surface area (Å²) in [5.41, 5.74) is 1.14. The molecule has 4 nitrogen and oxygen atoms in total. The second-order valence-electron chi connectivity index (χ2n) is 5.92. The summed E-state index contributed by atoms with van der Waals surface area (Å²) in [5, 5.41) is 4.23. The smallest absolute Gasteiger partial charge is 0.222 e. The lowest BCUT2D eigenvalue weighted by Gasteiger charge is -2.37. The minimum Gasteiger partial charge on any atom is -0.495 e. The fraction of sp³-hybridized carbons (Fsp3) is 0.588. The molecular weight excluding hydrogens is 300 g/mol. The molecule has 1 heterocycles. The molecule has 0 radical (unpaired) electrons. The maximum Gasteiger partial charge on any atom is 0.222 e. The number of carbonyl (C=O) groups is 1. The normalized spacial score (nSPS) is 21.7. The second-order valence-corrected chi connectivity index (χ2v) is 6.32. The second kappa shape index (κ2) is 7.84. The van der Waals surface area contributed by atoms with E-state index < -0.39 is 0 Å². The number of amides is 1. The van der Waals surface area contributed by atoms with Crippen LogP contribution >= 0.6 is 11.6 Å². The highest BCUT2D eigenvalue weighted by Gasteiger charge is 2.27. The third kappa shape index (κ3) is 4.14. The Hall–Kier alpha value is -1.26. The number of ether oxygens (including phenoxy) is 1. The summed E-state index contributed by atoms with van der Waals surface area (Å²) < 4.78 is 5.17. The summed E-state index contributed by atoms with van der Waals surface area (Å²) >= 11 is 6.15. The van der Waals surface area contributed by atoms with E-state index in [9.17, 15) is 4.79 Å². The molecule has 1 aromatic rings. The lowest BCUT2D eigenvalue weighted by Crippen LogP contribution is -2.49. The van der Waals surface area contributed by atoms with Crippen molar-refractivity contribution in [3.8, 4) is 5.75 Å². The van der Waals surface area contributed by atoms with E-state index >= 15 is 0 Å². The molecule has 1 N–H and O–H groups in total. The summed E-state index contributed by atoms with van der Waals surface area (Å²) in [5.74, 6) is 1.41. The number of hydrogen-bond donors (Lipinski definition) is 1. The Labute approximate surface area is 137 Å². The summed E-state index contributed by atoms with van der Waals surface area (Å²) in [6.45, 7) is 6.59. The van der Waals surface area contributed by atoms with Gasteiger partial charge in [0.05, 0.1) is 12.1 Å². The fourth-order valence-electron chi connectivity index (χ4n) is 2.97. The zero-order chi connectivity index (χ0) is 16.1. The van der Waals surface area contributed by atoms with E-state index in [0.717, 1.165) is 31.6 Å². The molecule has 1 fully saturated rings. The van der Waals surface area contributed by atoms with Gasteiger partial charge in [0, 0.05) is 32.1 Å². The predicted octanol–water partition coefficient (Wildman–Crippen LogP) is 3.09. The average molecular weight is 325 g/mol. The Morgan fingerprint density at radius 2 is 2.27 bits per heavy atom. The summed E-state index contributed by atoms with van der Waals surface area (Å²) in [6.07, 6.45) is 1.59. The number of likely N-dealkylation sites (tertiary alicyclic amines) is 1. The van der Waals surface area contributed by atoms with Crippen molar-refractivity contribution >= 4 is 17.5 Å². The zero-order valence-corrected chi connectivity index (χ0v) is 14.3. The van der Waals surface area contributed by atoms with E-state index in [1.165, 1.54) is 0 Å². The lowest BCUT2D eigenvalue weighted by molar-refractivity contribution is -0.132. The first-order valence-electron chi connectivity index (χ1n) is 7.88. The van der Waals surface area contributed by atoms with Gasteiger partial charge in [-0.05, 0) is 30.0 Å². The summed E-state index contributed by atoms with van der Waals surface area (Å²) in [4.78, 5) is 13.8. The number of halogens is 1. The van der Waals surface area contributed by atoms with Gasteiger partial charge in [-0.15, -0.1) is 0 Å². The van der Waals surface area contributed by atoms with Crippen LogP contribution in [0.1, 0.15) is 32.3 Å².